The summed E-state index contributed by atoms with van der Waals surface area (Å²) in [6.07, 6.45) is 8.05. The Morgan fingerprint density at radius 1 is 1.23 bits per heavy atom. The monoisotopic (exact) mass is 349 g/mol. The van der Waals surface area contributed by atoms with E-state index >= 15 is 0 Å². The van der Waals surface area contributed by atoms with Crippen molar-refractivity contribution >= 4 is 17.8 Å². The molecule has 0 saturated heterocycles. The van der Waals surface area contributed by atoms with E-state index in [0.29, 0.717) is 5.96 Å². The van der Waals surface area contributed by atoms with Gasteiger partial charge in [-0.3, -0.25) is 4.99 Å². The number of nitrogens with zero attached hydrogens (tertiary/aromatic N) is 4. The third-order valence-corrected chi connectivity index (χ3v) is 4.23. The first-order chi connectivity index (χ1) is 12.7. The molecule has 0 radical (unpaired) electrons. The average Bonchev–Trinajstić information content (AvgIpc) is 3.00. The fourth-order valence-electron chi connectivity index (χ4n) is 2.76. The van der Waals surface area contributed by atoms with Gasteiger partial charge in [-0.15, -0.1) is 0 Å². The minimum Gasteiger partial charge on any atom is -0.369 e. The van der Waals surface area contributed by atoms with Gasteiger partial charge in [0.25, 0.3) is 5.65 Å². The van der Waals surface area contributed by atoms with Crippen LogP contribution in [0.1, 0.15) is 25.3 Å². The van der Waals surface area contributed by atoms with Crippen LogP contribution in [0.3, 0.4) is 0 Å². The molecule has 0 saturated carbocycles. The van der Waals surface area contributed by atoms with Gasteiger partial charge >= 0.3 is 0 Å². The van der Waals surface area contributed by atoms with Gasteiger partial charge in [0.1, 0.15) is 6.20 Å². The lowest BCUT2D eigenvalue weighted by molar-refractivity contribution is -0.510. The van der Waals surface area contributed by atoms with Crippen LogP contribution in [-0.2, 0) is 7.05 Å². The second kappa shape index (κ2) is 8.29. The number of aliphatic imine (C=N–C) groups is 1. The Bertz CT molecular complexity index is 921. The molecule has 0 amide bonds. The van der Waals surface area contributed by atoms with Gasteiger partial charge in [0.15, 0.2) is 5.69 Å². The molecular formula is C20H25N6+. The van der Waals surface area contributed by atoms with Gasteiger partial charge in [-0.1, -0.05) is 31.5 Å². The van der Waals surface area contributed by atoms with Crippen LogP contribution >= 0.6 is 0 Å². The Labute approximate surface area is 153 Å². The van der Waals surface area contributed by atoms with Crippen LogP contribution in [0, 0.1) is 0 Å². The van der Waals surface area contributed by atoms with Crippen molar-refractivity contribution in [3.8, 4) is 11.3 Å². The number of aromatic nitrogens is 2. The molecule has 0 aliphatic rings. The fraction of sp³-hybridized carbons (Fsp3) is 0.250. The van der Waals surface area contributed by atoms with Crippen molar-refractivity contribution in [2.45, 2.75) is 19.8 Å². The normalized spacial score (nSPS) is 12.2. The van der Waals surface area contributed by atoms with Crippen LogP contribution in [-0.4, -0.2) is 23.3 Å². The molecule has 134 valence electrons. The molecule has 0 atom stereocenters. The Balaban J connectivity index is 1.69. The van der Waals surface area contributed by atoms with Gasteiger partial charge in [0, 0.05) is 18.2 Å². The Morgan fingerprint density at radius 3 is 2.77 bits per heavy atom. The number of nitrogens with one attached hydrogen (secondary N) is 1. The number of rotatable bonds is 6. The van der Waals surface area contributed by atoms with E-state index in [0.717, 1.165) is 41.9 Å². The summed E-state index contributed by atoms with van der Waals surface area (Å²) < 4.78 is 4.30. The summed E-state index contributed by atoms with van der Waals surface area (Å²) in [4.78, 5) is 4.19. The van der Waals surface area contributed by atoms with E-state index in [9.17, 15) is 0 Å². The summed E-state index contributed by atoms with van der Waals surface area (Å²) in [6.45, 7) is 2.85. The highest BCUT2D eigenvalue weighted by Crippen LogP contribution is 2.19. The SMILES string of the molecule is CCCCN=C(N)N/N=C/c1ccc(-c2c[n+]3ccccc3n2C)cc1. The summed E-state index contributed by atoms with van der Waals surface area (Å²) in [6, 6.07) is 14.4. The number of pyridine rings is 1. The van der Waals surface area contributed by atoms with Gasteiger partial charge in [-0.25, -0.2) is 14.4 Å². The van der Waals surface area contributed by atoms with Gasteiger partial charge in [-0.05, 0) is 30.2 Å². The van der Waals surface area contributed by atoms with Gasteiger partial charge in [-0.2, -0.15) is 5.10 Å². The standard InChI is InChI=1S/C20H25N6/c1-3-4-12-22-20(21)24-23-14-16-8-10-17(11-9-16)18-15-26-13-6-5-7-19(26)25(18)2/h5-11,13-15H,3-4,12H2,1-2H3,(H3,21,22,24)/q+1/b23-14+. The number of nitrogens with two attached hydrogens (primary N) is 1. The number of unbranched alkanes of at least 4 members (excludes halogenated alkanes) is 1. The number of benzene rings is 1. The molecule has 0 spiro atoms. The number of hydrogen-bond acceptors (Lipinski definition) is 2. The third-order valence-electron chi connectivity index (χ3n) is 4.23. The van der Waals surface area contributed by atoms with Crippen LogP contribution in [0.2, 0.25) is 0 Å². The molecule has 3 N–H and O–H groups in total. The largest absolute Gasteiger partial charge is 0.369 e. The molecule has 0 aliphatic carbocycles. The summed E-state index contributed by atoms with van der Waals surface area (Å²) >= 11 is 0. The molecule has 6 heteroatoms. The van der Waals surface area contributed by atoms with Crippen molar-refractivity contribution in [2.75, 3.05) is 6.54 Å². The zero-order valence-corrected chi connectivity index (χ0v) is 15.3. The first-order valence-electron chi connectivity index (χ1n) is 8.84. The molecular weight excluding hydrogens is 324 g/mol. The van der Waals surface area contributed by atoms with Crippen LogP contribution in [0.25, 0.3) is 16.9 Å². The van der Waals surface area contributed by atoms with Crippen molar-refractivity contribution in [1.82, 2.24) is 9.99 Å². The molecule has 26 heavy (non-hydrogen) atoms. The maximum Gasteiger partial charge on any atom is 0.286 e. The molecule has 3 aromatic rings. The highest BCUT2D eigenvalue weighted by Gasteiger charge is 2.14. The van der Waals surface area contributed by atoms with Crippen LogP contribution in [0.15, 0.2) is 65.0 Å². The van der Waals surface area contributed by atoms with Crippen molar-refractivity contribution in [1.29, 1.82) is 0 Å². The van der Waals surface area contributed by atoms with E-state index in [-0.39, 0.29) is 0 Å². The fourth-order valence-corrected chi connectivity index (χ4v) is 2.76. The van der Waals surface area contributed by atoms with Crippen LogP contribution < -0.4 is 15.6 Å². The summed E-state index contributed by atoms with van der Waals surface area (Å²) in [5.74, 6) is 0.346. The summed E-state index contributed by atoms with van der Waals surface area (Å²) in [5.41, 5.74) is 13.0. The predicted octanol–water partition coefficient (Wildman–Crippen LogP) is 2.47. The second-order valence-electron chi connectivity index (χ2n) is 6.15. The highest BCUT2D eigenvalue weighted by atomic mass is 15.3. The number of guanidine groups is 1. The minimum absolute atomic E-state index is 0.346. The molecule has 0 unspecified atom stereocenters. The zero-order valence-electron chi connectivity index (χ0n) is 15.3. The number of hydrogen-bond donors (Lipinski definition) is 2. The van der Waals surface area contributed by atoms with Crippen molar-refractivity contribution < 1.29 is 4.40 Å². The topological polar surface area (TPSA) is 71.8 Å². The Hall–Kier alpha value is -3.15. The lowest BCUT2D eigenvalue weighted by Gasteiger charge is -2.00. The number of fused-ring (bicyclic) bond motifs is 1. The number of hydrazone groups is 1. The lowest BCUT2D eigenvalue weighted by atomic mass is 10.1. The third kappa shape index (κ3) is 4.08. The van der Waals surface area contributed by atoms with E-state index in [1.54, 1.807) is 6.21 Å². The van der Waals surface area contributed by atoms with Crippen molar-refractivity contribution in [3.63, 3.8) is 0 Å². The molecule has 0 aliphatic heterocycles. The van der Waals surface area contributed by atoms with Gasteiger partial charge in [0.05, 0.1) is 19.5 Å². The Kier molecular flexibility index (Phi) is 5.63. The number of aryl methyl sites for hydroxylation is 1. The summed E-state index contributed by atoms with van der Waals surface area (Å²) in [7, 11) is 2.07. The van der Waals surface area contributed by atoms with E-state index in [1.165, 1.54) is 0 Å². The molecule has 1 aromatic carbocycles. The zero-order chi connectivity index (χ0) is 18.4. The van der Waals surface area contributed by atoms with E-state index < -0.39 is 0 Å². The molecule has 0 fully saturated rings. The second-order valence-corrected chi connectivity index (χ2v) is 6.15. The van der Waals surface area contributed by atoms with Crippen molar-refractivity contribution in [3.05, 3.63) is 60.4 Å². The average molecular weight is 349 g/mol. The quantitative estimate of drug-likeness (QED) is 0.236. The van der Waals surface area contributed by atoms with E-state index in [4.69, 9.17) is 5.73 Å². The highest BCUT2D eigenvalue weighted by molar-refractivity contribution is 5.83. The molecule has 6 nitrogen and oxygen atoms in total. The minimum atomic E-state index is 0.346. The maximum atomic E-state index is 5.75. The van der Waals surface area contributed by atoms with E-state index in [2.05, 4.69) is 69.1 Å². The Morgan fingerprint density at radius 2 is 2.04 bits per heavy atom. The lowest BCUT2D eigenvalue weighted by Crippen LogP contribution is -2.27. The first-order valence-corrected chi connectivity index (χ1v) is 8.84. The van der Waals surface area contributed by atoms with Crippen LogP contribution in [0.5, 0.6) is 0 Å². The maximum absolute atomic E-state index is 5.75. The van der Waals surface area contributed by atoms with Gasteiger partial charge < -0.3 is 5.73 Å². The molecule has 3 rings (SSSR count). The van der Waals surface area contributed by atoms with Gasteiger partial charge in [0.2, 0.25) is 5.96 Å². The number of imidazole rings is 1. The molecule has 2 heterocycles. The first kappa shape index (κ1) is 17.7. The van der Waals surface area contributed by atoms with E-state index in [1.807, 2.05) is 24.3 Å². The molecule has 2 aromatic heterocycles. The predicted molar refractivity (Wildman–Crippen MR) is 106 cm³/mol. The van der Waals surface area contributed by atoms with Crippen LogP contribution in [0.4, 0.5) is 0 Å². The smallest absolute Gasteiger partial charge is 0.286 e. The van der Waals surface area contributed by atoms with Crippen molar-refractivity contribution in [2.24, 2.45) is 22.9 Å². The summed E-state index contributed by atoms with van der Waals surface area (Å²) in [5, 5.41) is 4.13. The molecule has 0 bridgehead atoms.